The van der Waals surface area contributed by atoms with E-state index in [1.807, 2.05) is 0 Å². The van der Waals surface area contributed by atoms with Gasteiger partial charge in [-0.1, -0.05) is 35.3 Å². The van der Waals surface area contributed by atoms with Crippen molar-refractivity contribution in [2.24, 2.45) is 0 Å². The maximum atomic E-state index is 11.2. The monoisotopic (exact) mass is 353 g/mol. The van der Waals surface area contributed by atoms with Crippen LogP contribution in [0.5, 0.6) is 0 Å². The smallest absolute Gasteiger partial charge is 0.274 e. The number of hydrogen-bond acceptors (Lipinski definition) is 5. The molecule has 0 saturated carbocycles. The molecule has 1 aliphatic heterocycles. The molecule has 0 bridgehead atoms. The first-order valence-electron chi connectivity index (χ1n) is 6.49. The van der Waals surface area contributed by atoms with Crippen molar-refractivity contribution in [3.05, 3.63) is 74.3 Å². The van der Waals surface area contributed by atoms with Gasteiger partial charge < -0.3 is 4.90 Å². The molecule has 0 N–H and O–H groups in total. The van der Waals surface area contributed by atoms with Gasteiger partial charge in [0, 0.05) is 23.9 Å². The van der Waals surface area contributed by atoms with Crippen LogP contribution in [0.15, 0.2) is 48.5 Å². The van der Waals surface area contributed by atoms with Gasteiger partial charge >= 0.3 is 0 Å². The standard InChI is InChI=1S/C14H9Cl2N3O4/c15-14(16)13(11-3-1-2-4-12(11)19(22)23)17(14)9-5-7-10(8-6-9)18(20)21/h1-8,13H/t13-,17?/m0/s1. The van der Waals surface area contributed by atoms with Gasteiger partial charge in [0.25, 0.3) is 11.4 Å². The van der Waals surface area contributed by atoms with E-state index in [1.54, 1.807) is 23.1 Å². The number of rotatable bonds is 4. The lowest BCUT2D eigenvalue weighted by Gasteiger charge is -2.06. The third-order valence-corrected chi connectivity index (χ3v) is 4.38. The van der Waals surface area contributed by atoms with Crippen LogP contribution in [0.1, 0.15) is 11.6 Å². The molecule has 0 unspecified atom stereocenters. The van der Waals surface area contributed by atoms with Crippen LogP contribution >= 0.6 is 23.2 Å². The van der Waals surface area contributed by atoms with Crippen LogP contribution in [-0.4, -0.2) is 14.3 Å². The van der Waals surface area contributed by atoms with Gasteiger partial charge in [0.1, 0.15) is 6.04 Å². The molecule has 0 amide bonds. The van der Waals surface area contributed by atoms with Gasteiger partial charge in [-0.3, -0.25) is 20.2 Å². The Labute approximate surface area is 140 Å². The summed E-state index contributed by atoms with van der Waals surface area (Å²) in [6, 6.07) is 11.3. The van der Waals surface area contributed by atoms with Gasteiger partial charge in [0.15, 0.2) is 0 Å². The lowest BCUT2D eigenvalue weighted by molar-refractivity contribution is -0.385. The number of hydrogen-bond donors (Lipinski definition) is 0. The molecule has 2 aromatic carbocycles. The van der Waals surface area contributed by atoms with Crippen molar-refractivity contribution in [3.8, 4) is 0 Å². The minimum absolute atomic E-state index is 0.0624. The fourth-order valence-corrected chi connectivity index (χ4v) is 3.24. The van der Waals surface area contributed by atoms with Gasteiger partial charge in [0.2, 0.25) is 4.46 Å². The number of halogens is 2. The lowest BCUT2D eigenvalue weighted by Crippen LogP contribution is -2.01. The first-order valence-corrected chi connectivity index (χ1v) is 7.24. The molecule has 0 aromatic heterocycles. The number of nitrogens with zero attached hydrogens (tertiary/aromatic N) is 3. The Hall–Kier alpha value is -2.38. The molecular formula is C14H9Cl2N3O4. The van der Waals surface area contributed by atoms with E-state index in [-0.39, 0.29) is 11.4 Å². The average molecular weight is 354 g/mol. The summed E-state index contributed by atoms with van der Waals surface area (Å²) in [5.41, 5.74) is 0.796. The molecule has 2 aromatic rings. The molecule has 23 heavy (non-hydrogen) atoms. The van der Waals surface area contributed by atoms with Crippen LogP contribution in [0.4, 0.5) is 17.1 Å². The number of benzene rings is 2. The number of alkyl halides is 2. The van der Waals surface area contributed by atoms with Crippen molar-refractivity contribution in [1.29, 1.82) is 0 Å². The quantitative estimate of drug-likeness (QED) is 0.270. The van der Waals surface area contributed by atoms with E-state index in [2.05, 4.69) is 0 Å². The number of anilines is 1. The molecule has 1 fully saturated rings. The van der Waals surface area contributed by atoms with Crippen molar-refractivity contribution in [1.82, 2.24) is 0 Å². The second kappa shape index (κ2) is 5.36. The van der Waals surface area contributed by atoms with Crippen molar-refractivity contribution in [2.45, 2.75) is 10.5 Å². The van der Waals surface area contributed by atoms with Crippen molar-refractivity contribution in [2.75, 3.05) is 4.90 Å². The predicted molar refractivity (Wildman–Crippen MR) is 85.8 cm³/mol. The summed E-state index contributed by atoms with van der Waals surface area (Å²) < 4.78 is -1.34. The third-order valence-electron chi connectivity index (χ3n) is 3.61. The summed E-state index contributed by atoms with van der Waals surface area (Å²) in [5, 5.41) is 21.8. The fourth-order valence-electron chi connectivity index (χ4n) is 2.51. The molecule has 0 aliphatic carbocycles. The molecule has 7 nitrogen and oxygen atoms in total. The number of nitro benzene ring substituents is 2. The zero-order valence-corrected chi connectivity index (χ0v) is 12.9. The molecule has 1 saturated heterocycles. The van der Waals surface area contributed by atoms with E-state index in [0.717, 1.165) is 0 Å². The Kier molecular flexibility index (Phi) is 3.62. The van der Waals surface area contributed by atoms with E-state index >= 15 is 0 Å². The molecule has 9 heteroatoms. The Balaban J connectivity index is 1.97. The zero-order valence-electron chi connectivity index (χ0n) is 11.4. The normalized spacial score (nSPS) is 18.5. The van der Waals surface area contributed by atoms with Crippen LogP contribution in [0.3, 0.4) is 0 Å². The second-order valence-electron chi connectivity index (χ2n) is 4.95. The highest BCUT2D eigenvalue weighted by Crippen LogP contribution is 2.62. The van der Waals surface area contributed by atoms with Crippen LogP contribution in [0.25, 0.3) is 0 Å². The topological polar surface area (TPSA) is 89.3 Å². The van der Waals surface area contributed by atoms with E-state index < -0.39 is 20.3 Å². The van der Waals surface area contributed by atoms with Gasteiger partial charge in [-0.25, -0.2) is 0 Å². The van der Waals surface area contributed by atoms with Crippen LogP contribution in [0, 0.1) is 20.2 Å². The highest BCUT2D eigenvalue weighted by molar-refractivity contribution is 6.53. The SMILES string of the molecule is O=[N+]([O-])c1ccc(N2[C@@H](c3ccccc3[N+](=O)[O-])C2(Cl)Cl)cc1. The van der Waals surface area contributed by atoms with Gasteiger partial charge in [0.05, 0.1) is 15.4 Å². The summed E-state index contributed by atoms with van der Waals surface area (Å²) in [6.45, 7) is 0. The maximum absolute atomic E-state index is 11.2. The summed E-state index contributed by atoms with van der Waals surface area (Å²) in [5.74, 6) is 0. The number of nitro groups is 2. The molecule has 118 valence electrons. The van der Waals surface area contributed by atoms with Crippen LogP contribution in [0.2, 0.25) is 0 Å². The molecule has 1 aliphatic rings. The first-order chi connectivity index (χ1) is 10.8. The average Bonchev–Trinajstić information content (AvgIpc) is 3.09. The summed E-state index contributed by atoms with van der Waals surface area (Å²) in [4.78, 5) is 22.4. The fraction of sp³-hybridized carbons (Fsp3) is 0.143. The Bertz CT molecular complexity index is 795. The first kappa shape index (κ1) is 15.5. The molecule has 0 radical (unpaired) electrons. The molecule has 3 rings (SSSR count). The molecule has 1 atom stereocenters. The van der Waals surface area contributed by atoms with E-state index in [1.165, 1.54) is 30.3 Å². The second-order valence-corrected chi connectivity index (χ2v) is 6.30. The van der Waals surface area contributed by atoms with Gasteiger partial charge in [-0.2, -0.15) is 0 Å². The summed E-state index contributed by atoms with van der Waals surface area (Å²) in [7, 11) is 0. The number of non-ortho nitro benzene ring substituents is 1. The van der Waals surface area contributed by atoms with E-state index in [9.17, 15) is 20.2 Å². The van der Waals surface area contributed by atoms with Crippen molar-refractivity contribution < 1.29 is 9.85 Å². The Morgan fingerprint density at radius 1 is 0.957 bits per heavy atom. The number of para-hydroxylation sites is 1. The molecular weight excluding hydrogens is 345 g/mol. The third kappa shape index (κ3) is 2.58. The Morgan fingerprint density at radius 2 is 1.57 bits per heavy atom. The summed E-state index contributed by atoms with van der Waals surface area (Å²) in [6.07, 6.45) is 0. The van der Waals surface area contributed by atoms with E-state index in [4.69, 9.17) is 23.2 Å². The molecule has 0 spiro atoms. The maximum Gasteiger partial charge on any atom is 0.274 e. The predicted octanol–water partition coefficient (Wildman–Crippen LogP) is 4.20. The largest absolute Gasteiger partial charge is 0.326 e. The van der Waals surface area contributed by atoms with Crippen LogP contribution in [-0.2, 0) is 0 Å². The Morgan fingerprint density at radius 3 is 2.13 bits per heavy atom. The highest BCUT2D eigenvalue weighted by atomic mass is 35.5. The van der Waals surface area contributed by atoms with Gasteiger partial charge in [-0.05, 0) is 18.2 Å². The minimum atomic E-state index is -1.34. The van der Waals surface area contributed by atoms with Gasteiger partial charge in [-0.15, -0.1) is 0 Å². The minimum Gasteiger partial charge on any atom is -0.326 e. The zero-order chi connectivity index (χ0) is 16.8. The van der Waals surface area contributed by atoms with Crippen molar-refractivity contribution >= 4 is 40.3 Å². The lowest BCUT2D eigenvalue weighted by atomic mass is 10.1. The van der Waals surface area contributed by atoms with Crippen LogP contribution < -0.4 is 4.90 Å². The van der Waals surface area contributed by atoms with E-state index in [0.29, 0.717) is 11.3 Å². The highest BCUT2D eigenvalue weighted by Gasteiger charge is 2.63. The summed E-state index contributed by atoms with van der Waals surface area (Å²) >= 11 is 12.5. The van der Waals surface area contributed by atoms with Crippen molar-refractivity contribution in [3.63, 3.8) is 0 Å². The molecule has 1 heterocycles.